The molecule has 0 aliphatic heterocycles. The lowest BCUT2D eigenvalue weighted by molar-refractivity contribution is 0.0205. The Bertz CT molecular complexity index is 510. The molecule has 0 fully saturated rings. The Morgan fingerprint density at radius 3 is 2.23 bits per heavy atom. The molecule has 0 radical (unpaired) electrons. The Morgan fingerprint density at radius 1 is 1.23 bits per heavy atom. The molecule has 1 unspecified atom stereocenters. The Kier molecular flexibility index (Phi) is 6.05. The zero-order chi connectivity index (χ0) is 16.9. The maximum atomic E-state index is 11.1. The van der Waals surface area contributed by atoms with Crippen LogP contribution in [0, 0.1) is 5.41 Å². The van der Waals surface area contributed by atoms with Crippen LogP contribution in [0.25, 0.3) is 0 Å². The Labute approximate surface area is 131 Å². The van der Waals surface area contributed by atoms with Gasteiger partial charge in [-0.2, -0.15) is 0 Å². The molecule has 0 aromatic heterocycles. The largest absolute Gasteiger partial charge is 0.493 e. The molecule has 124 valence electrons. The fourth-order valence-corrected chi connectivity index (χ4v) is 2.68. The molecule has 1 aromatic rings. The number of methoxy groups -OCH3 is 2. The first-order valence-corrected chi connectivity index (χ1v) is 7.03. The molecule has 0 saturated carbocycles. The van der Waals surface area contributed by atoms with Gasteiger partial charge >= 0.3 is 6.09 Å². The SMILES string of the molecule is COc1ccc(C([C@@H](CO)OC(N)=O)C(C)(C)C)cc1OC. The summed E-state index contributed by atoms with van der Waals surface area (Å²) in [5, 5.41) is 9.61. The number of aliphatic hydroxyl groups is 1. The average Bonchev–Trinajstić information content (AvgIpc) is 2.44. The van der Waals surface area contributed by atoms with Crippen LogP contribution in [0.5, 0.6) is 11.5 Å². The van der Waals surface area contributed by atoms with Gasteiger partial charge in [0.15, 0.2) is 11.5 Å². The van der Waals surface area contributed by atoms with Gasteiger partial charge in [0.05, 0.1) is 20.8 Å². The summed E-state index contributed by atoms with van der Waals surface area (Å²) in [6.07, 6.45) is -1.65. The van der Waals surface area contributed by atoms with E-state index in [2.05, 4.69) is 0 Å². The van der Waals surface area contributed by atoms with Crippen molar-refractivity contribution in [1.29, 1.82) is 0 Å². The first kappa shape index (κ1) is 18.1. The van der Waals surface area contributed by atoms with Crippen LogP contribution in [0.3, 0.4) is 0 Å². The predicted molar refractivity (Wildman–Crippen MR) is 83.3 cm³/mol. The molecular formula is C16H25NO5. The molecular weight excluding hydrogens is 286 g/mol. The first-order valence-electron chi connectivity index (χ1n) is 7.03. The van der Waals surface area contributed by atoms with E-state index in [1.807, 2.05) is 32.9 Å². The molecule has 1 aromatic carbocycles. The summed E-state index contributed by atoms with van der Waals surface area (Å²) in [5.74, 6) is 0.921. The van der Waals surface area contributed by atoms with E-state index in [9.17, 15) is 9.90 Å². The zero-order valence-corrected chi connectivity index (χ0v) is 13.8. The van der Waals surface area contributed by atoms with Gasteiger partial charge in [-0.15, -0.1) is 0 Å². The van der Waals surface area contributed by atoms with Crippen LogP contribution in [-0.2, 0) is 4.74 Å². The number of carbonyl (C=O) groups excluding carboxylic acids is 1. The molecule has 6 heteroatoms. The minimum Gasteiger partial charge on any atom is -0.493 e. The third-order valence-electron chi connectivity index (χ3n) is 3.52. The molecule has 0 spiro atoms. The summed E-state index contributed by atoms with van der Waals surface area (Å²) in [6.45, 7) is 5.68. The third-order valence-corrected chi connectivity index (χ3v) is 3.52. The van der Waals surface area contributed by atoms with Crippen molar-refractivity contribution in [1.82, 2.24) is 0 Å². The van der Waals surface area contributed by atoms with Crippen LogP contribution in [-0.4, -0.2) is 38.1 Å². The van der Waals surface area contributed by atoms with E-state index in [0.717, 1.165) is 5.56 Å². The number of carbonyl (C=O) groups is 1. The number of nitrogens with two attached hydrogens (primary N) is 1. The number of primary amides is 1. The quantitative estimate of drug-likeness (QED) is 0.841. The summed E-state index contributed by atoms with van der Waals surface area (Å²) in [6, 6.07) is 5.47. The van der Waals surface area contributed by atoms with Crippen LogP contribution >= 0.6 is 0 Å². The number of hydrogen-bond acceptors (Lipinski definition) is 5. The summed E-state index contributed by atoms with van der Waals surface area (Å²) in [4.78, 5) is 11.1. The van der Waals surface area contributed by atoms with Crippen LogP contribution < -0.4 is 15.2 Å². The van der Waals surface area contributed by atoms with Gasteiger partial charge in [0.2, 0.25) is 0 Å². The first-order chi connectivity index (χ1) is 10.2. The van der Waals surface area contributed by atoms with Crippen molar-refractivity contribution in [3.63, 3.8) is 0 Å². The number of aliphatic hydroxyl groups excluding tert-OH is 1. The van der Waals surface area contributed by atoms with E-state index in [1.54, 1.807) is 20.3 Å². The zero-order valence-electron chi connectivity index (χ0n) is 13.8. The number of rotatable bonds is 6. The summed E-state index contributed by atoms with van der Waals surface area (Å²) >= 11 is 0. The molecule has 0 aliphatic carbocycles. The van der Waals surface area contributed by atoms with Crippen molar-refractivity contribution in [3.8, 4) is 11.5 Å². The molecule has 6 nitrogen and oxygen atoms in total. The van der Waals surface area contributed by atoms with Gasteiger partial charge in [0.1, 0.15) is 6.10 Å². The number of ether oxygens (including phenoxy) is 3. The molecule has 0 heterocycles. The normalized spacial score (nSPS) is 14.1. The molecule has 1 rings (SSSR count). The van der Waals surface area contributed by atoms with E-state index in [1.165, 1.54) is 0 Å². The summed E-state index contributed by atoms with van der Waals surface area (Å²) < 4.78 is 15.6. The maximum absolute atomic E-state index is 11.1. The number of hydrogen-bond donors (Lipinski definition) is 2. The highest BCUT2D eigenvalue weighted by Gasteiger charge is 2.36. The Hall–Kier alpha value is -1.95. The van der Waals surface area contributed by atoms with Crippen LogP contribution in [0.2, 0.25) is 0 Å². The Balaban J connectivity index is 3.30. The smallest absolute Gasteiger partial charge is 0.404 e. The fraction of sp³-hybridized carbons (Fsp3) is 0.562. The van der Waals surface area contributed by atoms with Gasteiger partial charge in [-0.25, -0.2) is 4.79 Å². The van der Waals surface area contributed by atoms with Crippen molar-refractivity contribution in [3.05, 3.63) is 23.8 Å². The molecule has 1 amide bonds. The number of benzene rings is 1. The standard InChI is InChI=1S/C16H25NO5/c1-16(2,3)14(13(9-18)22-15(17)19)10-6-7-11(20-4)12(8-10)21-5/h6-8,13-14,18H,9H2,1-5H3,(H2,17,19)/t13-,14?/m1/s1. The predicted octanol–water partition coefficient (Wildman–Crippen LogP) is 2.29. The van der Waals surface area contributed by atoms with E-state index in [4.69, 9.17) is 19.9 Å². The van der Waals surface area contributed by atoms with Gasteiger partial charge in [-0.1, -0.05) is 26.8 Å². The van der Waals surface area contributed by atoms with E-state index < -0.39 is 12.2 Å². The van der Waals surface area contributed by atoms with Crippen molar-refractivity contribution < 1.29 is 24.1 Å². The molecule has 22 heavy (non-hydrogen) atoms. The minimum absolute atomic E-state index is 0.259. The molecule has 0 aliphatic rings. The highest BCUT2D eigenvalue weighted by atomic mass is 16.6. The van der Waals surface area contributed by atoms with Crippen molar-refractivity contribution in [2.45, 2.75) is 32.8 Å². The minimum atomic E-state index is -0.909. The monoisotopic (exact) mass is 311 g/mol. The second-order valence-corrected chi connectivity index (χ2v) is 6.12. The van der Waals surface area contributed by atoms with Crippen LogP contribution in [0.4, 0.5) is 4.79 Å². The van der Waals surface area contributed by atoms with Crippen LogP contribution in [0.1, 0.15) is 32.3 Å². The van der Waals surface area contributed by atoms with Gasteiger partial charge < -0.3 is 25.1 Å². The van der Waals surface area contributed by atoms with Crippen molar-refractivity contribution >= 4 is 6.09 Å². The highest BCUT2D eigenvalue weighted by Crippen LogP contribution is 2.41. The van der Waals surface area contributed by atoms with Crippen LogP contribution in [0.15, 0.2) is 18.2 Å². The van der Waals surface area contributed by atoms with Gasteiger partial charge in [0, 0.05) is 5.92 Å². The van der Waals surface area contributed by atoms with E-state index >= 15 is 0 Å². The summed E-state index contributed by atoms with van der Waals surface area (Å²) in [5.41, 5.74) is 5.70. The second-order valence-electron chi connectivity index (χ2n) is 6.12. The highest BCUT2D eigenvalue weighted by molar-refractivity contribution is 5.65. The lowest BCUT2D eigenvalue weighted by Gasteiger charge is -2.36. The third kappa shape index (κ3) is 4.27. The molecule has 2 atom stereocenters. The van der Waals surface area contributed by atoms with E-state index in [0.29, 0.717) is 11.5 Å². The molecule has 0 bridgehead atoms. The Morgan fingerprint density at radius 2 is 1.82 bits per heavy atom. The second kappa shape index (κ2) is 7.35. The fourth-order valence-electron chi connectivity index (χ4n) is 2.68. The molecule has 0 saturated heterocycles. The molecule has 3 N–H and O–H groups in total. The van der Waals surface area contributed by atoms with Gasteiger partial charge in [0.25, 0.3) is 0 Å². The van der Waals surface area contributed by atoms with Gasteiger partial charge in [-0.05, 0) is 23.1 Å². The lowest BCUT2D eigenvalue weighted by atomic mass is 9.73. The maximum Gasteiger partial charge on any atom is 0.404 e. The van der Waals surface area contributed by atoms with Crippen molar-refractivity contribution in [2.24, 2.45) is 11.1 Å². The van der Waals surface area contributed by atoms with E-state index in [-0.39, 0.29) is 17.9 Å². The summed E-state index contributed by atoms with van der Waals surface area (Å²) in [7, 11) is 3.11. The van der Waals surface area contributed by atoms with Crippen molar-refractivity contribution in [2.75, 3.05) is 20.8 Å². The average molecular weight is 311 g/mol. The van der Waals surface area contributed by atoms with Gasteiger partial charge in [-0.3, -0.25) is 0 Å². The number of amides is 1. The lowest BCUT2D eigenvalue weighted by Crippen LogP contribution is -2.37. The topological polar surface area (TPSA) is 91.0 Å².